The zero-order valence-electron chi connectivity index (χ0n) is 14.8. The van der Waals surface area contributed by atoms with Gasteiger partial charge in [-0.1, -0.05) is 68.3 Å². The molecule has 0 atom stereocenters. The lowest BCUT2D eigenvalue weighted by Crippen LogP contribution is -2.08. The standard InChI is InChI=1S/C21H32/c1-17(2)8-7-9-18(3)10-11-19-12-14-20(15-13-19)16-21(4,5)6/h8,10,12-15H,7,9,11,16H2,1-6H3/b18-10+. The third-order valence-corrected chi connectivity index (χ3v) is 3.53. The van der Waals surface area contributed by atoms with E-state index in [0.29, 0.717) is 5.41 Å². The molecule has 0 fully saturated rings. The molecule has 0 amide bonds. The van der Waals surface area contributed by atoms with Gasteiger partial charge in [0.1, 0.15) is 0 Å². The van der Waals surface area contributed by atoms with Crippen molar-refractivity contribution in [3.05, 3.63) is 58.7 Å². The van der Waals surface area contributed by atoms with Crippen molar-refractivity contribution in [2.75, 3.05) is 0 Å². The molecule has 116 valence electrons. The van der Waals surface area contributed by atoms with Crippen molar-refractivity contribution in [3.63, 3.8) is 0 Å². The van der Waals surface area contributed by atoms with Crippen molar-refractivity contribution in [2.24, 2.45) is 5.41 Å². The van der Waals surface area contributed by atoms with Gasteiger partial charge < -0.3 is 0 Å². The highest BCUT2D eigenvalue weighted by atomic mass is 14.2. The van der Waals surface area contributed by atoms with Gasteiger partial charge in [0.15, 0.2) is 0 Å². The van der Waals surface area contributed by atoms with Gasteiger partial charge in [-0.05, 0) is 63.0 Å². The Morgan fingerprint density at radius 1 is 0.905 bits per heavy atom. The van der Waals surface area contributed by atoms with E-state index in [0.717, 1.165) is 19.3 Å². The first kappa shape index (κ1) is 17.8. The van der Waals surface area contributed by atoms with Crippen LogP contribution < -0.4 is 0 Å². The predicted octanol–water partition coefficient (Wildman–Crippen LogP) is 6.51. The highest BCUT2D eigenvalue weighted by molar-refractivity contribution is 5.25. The zero-order chi connectivity index (χ0) is 15.9. The topological polar surface area (TPSA) is 0 Å². The van der Waals surface area contributed by atoms with E-state index in [9.17, 15) is 0 Å². The molecule has 0 heteroatoms. The molecular formula is C21H32. The second-order valence-corrected chi connectivity index (χ2v) is 7.63. The van der Waals surface area contributed by atoms with Crippen LogP contribution in [0.2, 0.25) is 0 Å². The number of hydrogen-bond acceptors (Lipinski definition) is 0. The molecular weight excluding hydrogens is 252 g/mol. The average molecular weight is 284 g/mol. The summed E-state index contributed by atoms with van der Waals surface area (Å²) in [6.45, 7) is 13.4. The molecule has 1 rings (SSSR count). The zero-order valence-corrected chi connectivity index (χ0v) is 14.8. The van der Waals surface area contributed by atoms with Crippen molar-refractivity contribution in [3.8, 4) is 0 Å². The van der Waals surface area contributed by atoms with Crippen molar-refractivity contribution < 1.29 is 0 Å². The van der Waals surface area contributed by atoms with Crippen molar-refractivity contribution in [1.82, 2.24) is 0 Å². The van der Waals surface area contributed by atoms with Crippen molar-refractivity contribution >= 4 is 0 Å². The van der Waals surface area contributed by atoms with E-state index in [2.05, 4.69) is 78.0 Å². The maximum absolute atomic E-state index is 2.37. The van der Waals surface area contributed by atoms with Gasteiger partial charge in [0.05, 0.1) is 0 Å². The van der Waals surface area contributed by atoms with Crippen LogP contribution in [0.5, 0.6) is 0 Å². The van der Waals surface area contributed by atoms with Gasteiger partial charge in [-0.15, -0.1) is 0 Å². The molecule has 0 nitrogen and oxygen atoms in total. The molecule has 0 heterocycles. The number of hydrogen-bond donors (Lipinski definition) is 0. The van der Waals surface area contributed by atoms with E-state index >= 15 is 0 Å². The third-order valence-electron chi connectivity index (χ3n) is 3.53. The van der Waals surface area contributed by atoms with Gasteiger partial charge in [0, 0.05) is 0 Å². The Kier molecular flexibility index (Phi) is 6.95. The highest BCUT2D eigenvalue weighted by Crippen LogP contribution is 2.21. The molecule has 0 aliphatic heterocycles. The van der Waals surface area contributed by atoms with Gasteiger partial charge in [-0.2, -0.15) is 0 Å². The largest absolute Gasteiger partial charge is 0.0856 e. The second kappa shape index (κ2) is 8.22. The van der Waals surface area contributed by atoms with E-state index in [-0.39, 0.29) is 0 Å². The second-order valence-electron chi connectivity index (χ2n) is 7.63. The number of rotatable bonds is 6. The van der Waals surface area contributed by atoms with Crippen LogP contribution in [0.3, 0.4) is 0 Å². The summed E-state index contributed by atoms with van der Waals surface area (Å²) in [5, 5.41) is 0. The van der Waals surface area contributed by atoms with Crippen LogP contribution in [0.4, 0.5) is 0 Å². The summed E-state index contributed by atoms with van der Waals surface area (Å²) in [7, 11) is 0. The summed E-state index contributed by atoms with van der Waals surface area (Å²) in [6, 6.07) is 9.13. The molecule has 21 heavy (non-hydrogen) atoms. The normalized spacial score (nSPS) is 12.4. The molecule has 0 radical (unpaired) electrons. The Labute approximate surface area is 132 Å². The number of benzene rings is 1. The Bertz CT molecular complexity index is 474. The summed E-state index contributed by atoms with van der Waals surface area (Å²) < 4.78 is 0. The summed E-state index contributed by atoms with van der Waals surface area (Å²) >= 11 is 0. The molecule has 0 aliphatic carbocycles. The molecule has 0 aromatic heterocycles. The van der Waals surface area contributed by atoms with E-state index in [1.54, 1.807) is 0 Å². The van der Waals surface area contributed by atoms with E-state index < -0.39 is 0 Å². The maximum atomic E-state index is 2.37. The fourth-order valence-corrected chi connectivity index (χ4v) is 2.39. The molecule has 0 spiro atoms. The molecule has 0 aliphatic rings. The maximum Gasteiger partial charge on any atom is -0.00949 e. The monoisotopic (exact) mass is 284 g/mol. The van der Waals surface area contributed by atoms with Crippen molar-refractivity contribution in [2.45, 2.75) is 67.2 Å². The van der Waals surface area contributed by atoms with Crippen molar-refractivity contribution in [1.29, 1.82) is 0 Å². The Hall–Kier alpha value is -1.30. The average Bonchev–Trinajstić information content (AvgIpc) is 2.35. The fraction of sp³-hybridized carbons (Fsp3) is 0.524. The molecule has 0 saturated carbocycles. The predicted molar refractivity (Wildman–Crippen MR) is 95.7 cm³/mol. The minimum absolute atomic E-state index is 0.364. The minimum Gasteiger partial charge on any atom is -0.0856 e. The van der Waals surface area contributed by atoms with Gasteiger partial charge >= 0.3 is 0 Å². The van der Waals surface area contributed by atoms with Gasteiger partial charge in [0.2, 0.25) is 0 Å². The molecule has 0 saturated heterocycles. The van der Waals surface area contributed by atoms with Crippen LogP contribution in [0.15, 0.2) is 47.6 Å². The van der Waals surface area contributed by atoms with Gasteiger partial charge in [-0.25, -0.2) is 0 Å². The number of allylic oxidation sites excluding steroid dienone is 4. The summed E-state index contributed by atoms with van der Waals surface area (Å²) in [5.41, 5.74) is 6.12. The Balaban J connectivity index is 2.50. The molecule has 0 unspecified atom stereocenters. The molecule has 1 aromatic rings. The molecule has 0 N–H and O–H groups in total. The first-order valence-corrected chi connectivity index (χ1v) is 8.13. The summed E-state index contributed by atoms with van der Waals surface area (Å²) in [5.74, 6) is 0. The van der Waals surface area contributed by atoms with Gasteiger partial charge in [-0.3, -0.25) is 0 Å². The minimum atomic E-state index is 0.364. The lowest BCUT2D eigenvalue weighted by Gasteiger charge is -2.18. The molecule has 1 aromatic carbocycles. The first-order chi connectivity index (χ1) is 9.76. The van der Waals surface area contributed by atoms with Gasteiger partial charge in [0.25, 0.3) is 0 Å². The lowest BCUT2D eigenvalue weighted by atomic mass is 9.88. The van der Waals surface area contributed by atoms with Crippen LogP contribution in [-0.2, 0) is 12.8 Å². The lowest BCUT2D eigenvalue weighted by molar-refractivity contribution is 0.411. The fourth-order valence-electron chi connectivity index (χ4n) is 2.39. The smallest absolute Gasteiger partial charge is 0.00949 e. The summed E-state index contributed by atoms with van der Waals surface area (Å²) in [4.78, 5) is 0. The summed E-state index contributed by atoms with van der Waals surface area (Å²) in [6.07, 6.45) is 9.22. The van der Waals surface area contributed by atoms with E-state index in [1.807, 2.05) is 0 Å². The van der Waals surface area contributed by atoms with Crippen LogP contribution in [0.25, 0.3) is 0 Å². The quantitative estimate of drug-likeness (QED) is 0.522. The first-order valence-electron chi connectivity index (χ1n) is 8.13. The SMILES string of the molecule is CC(C)=CCC/C(C)=C/Cc1ccc(CC(C)(C)C)cc1. The Morgan fingerprint density at radius 2 is 1.48 bits per heavy atom. The van der Waals surface area contributed by atoms with E-state index in [1.165, 1.54) is 28.7 Å². The third kappa shape index (κ3) is 8.55. The Morgan fingerprint density at radius 3 is 2.00 bits per heavy atom. The van der Waals surface area contributed by atoms with Crippen LogP contribution in [-0.4, -0.2) is 0 Å². The van der Waals surface area contributed by atoms with Crippen LogP contribution in [0.1, 0.15) is 65.5 Å². The van der Waals surface area contributed by atoms with Crippen LogP contribution in [0, 0.1) is 5.41 Å². The van der Waals surface area contributed by atoms with E-state index in [4.69, 9.17) is 0 Å². The molecule has 0 bridgehead atoms. The highest BCUT2D eigenvalue weighted by Gasteiger charge is 2.10. The van der Waals surface area contributed by atoms with Crippen LogP contribution >= 0.6 is 0 Å².